The van der Waals surface area contributed by atoms with Crippen LogP contribution in [0.5, 0.6) is 0 Å². The van der Waals surface area contributed by atoms with Gasteiger partial charge < -0.3 is 22.1 Å². The van der Waals surface area contributed by atoms with E-state index in [1.54, 1.807) is 18.2 Å². The van der Waals surface area contributed by atoms with Gasteiger partial charge in [0, 0.05) is 30.4 Å². The zero-order valence-electron chi connectivity index (χ0n) is 20.5. The normalized spacial score (nSPS) is 15.8. The molecule has 0 radical (unpaired) electrons. The number of hydrogen-bond acceptors (Lipinski definition) is 4. The molecule has 0 saturated heterocycles. The number of benzene rings is 3. The molecule has 186 valence electrons. The Morgan fingerprint density at radius 3 is 2.61 bits per heavy atom. The van der Waals surface area contributed by atoms with Gasteiger partial charge in [0.1, 0.15) is 0 Å². The molecule has 0 heterocycles. The lowest BCUT2D eigenvalue weighted by Crippen LogP contribution is -2.31. The zero-order valence-corrected chi connectivity index (χ0v) is 20.5. The molecule has 2 atom stereocenters. The molecule has 0 spiro atoms. The Kier molecular flexibility index (Phi) is 8.18. The van der Waals surface area contributed by atoms with Gasteiger partial charge >= 0.3 is 0 Å². The molecule has 6 heteroatoms. The number of anilines is 2. The summed E-state index contributed by atoms with van der Waals surface area (Å²) in [5.41, 5.74) is 16.8. The minimum Gasteiger partial charge on any atom is -0.399 e. The molecule has 36 heavy (non-hydrogen) atoms. The standard InChI is InChI=1S/C30H33FN4O/c1-20(32)23-12-10-22(11-13-23)19-35-29(36)17-27-26(24-8-5-9-25(33)16-24)14-15-28(30(27)31)34-18-21-6-3-2-4-7-21/h2-10,12-16,20,22,34H,11,17-19,32-33H2,1H3,(H,35,36). The second kappa shape index (κ2) is 11.7. The average molecular weight is 485 g/mol. The van der Waals surface area contributed by atoms with Crippen LogP contribution in [0, 0.1) is 11.7 Å². The Labute approximate surface area is 212 Å². The van der Waals surface area contributed by atoms with Gasteiger partial charge in [-0.2, -0.15) is 0 Å². The van der Waals surface area contributed by atoms with Crippen LogP contribution in [0.1, 0.15) is 24.5 Å². The summed E-state index contributed by atoms with van der Waals surface area (Å²) in [5.74, 6) is -0.466. The van der Waals surface area contributed by atoms with E-state index in [0.29, 0.717) is 35.6 Å². The number of carbonyl (C=O) groups excluding carboxylic acids is 1. The Bertz CT molecular complexity index is 1270. The van der Waals surface area contributed by atoms with Gasteiger partial charge in [0.15, 0.2) is 5.82 Å². The van der Waals surface area contributed by atoms with E-state index >= 15 is 4.39 Å². The van der Waals surface area contributed by atoms with Crippen molar-refractivity contribution in [1.82, 2.24) is 5.32 Å². The van der Waals surface area contributed by atoms with Crippen LogP contribution in [0.15, 0.2) is 90.5 Å². The van der Waals surface area contributed by atoms with Crippen LogP contribution in [0.4, 0.5) is 15.8 Å². The number of nitrogens with one attached hydrogen (secondary N) is 2. The van der Waals surface area contributed by atoms with Crippen LogP contribution in [0.2, 0.25) is 0 Å². The van der Waals surface area contributed by atoms with Crippen molar-refractivity contribution < 1.29 is 9.18 Å². The Morgan fingerprint density at radius 1 is 1.11 bits per heavy atom. The highest BCUT2D eigenvalue weighted by Gasteiger charge is 2.19. The van der Waals surface area contributed by atoms with Crippen LogP contribution in [0.3, 0.4) is 0 Å². The molecule has 3 aromatic carbocycles. The van der Waals surface area contributed by atoms with Crippen LogP contribution >= 0.6 is 0 Å². The van der Waals surface area contributed by atoms with Crippen LogP contribution in [0.25, 0.3) is 11.1 Å². The lowest BCUT2D eigenvalue weighted by molar-refractivity contribution is -0.120. The van der Waals surface area contributed by atoms with E-state index in [-0.39, 0.29) is 24.3 Å². The summed E-state index contributed by atoms with van der Waals surface area (Å²) in [6, 6.07) is 20.6. The lowest BCUT2D eigenvalue weighted by atomic mass is 9.93. The molecule has 1 amide bonds. The van der Waals surface area contributed by atoms with Gasteiger partial charge in [0.05, 0.1) is 12.1 Å². The fourth-order valence-electron chi connectivity index (χ4n) is 4.34. The number of nitrogen functional groups attached to an aromatic ring is 1. The largest absolute Gasteiger partial charge is 0.399 e. The smallest absolute Gasteiger partial charge is 0.224 e. The highest BCUT2D eigenvalue weighted by Crippen LogP contribution is 2.32. The molecule has 5 nitrogen and oxygen atoms in total. The predicted octanol–water partition coefficient (Wildman–Crippen LogP) is 5.20. The third-order valence-electron chi connectivity index (χ3n) is 6.41. The van der Waals surface area contributed by atoms with Crippen LogP contribution in [-0.4, -0.2) is 18.5 Å². The number of hydrogen-bond donors (Lipinski definition) is 4. The fourth-order valence-corrected chi connectivity index (χ4v) is 4.34. The maximum atomic E-state index is 15.8. The molecule has 4 rings (SSSR count). The third kappa shape index (κ3) is 6.40. The zero-order chi connectivity index (χ0) is 25.5. The average Bonchev–Trinajstić information content (AvgIpc) is 2.88. The molecule has 0 aromatic heterocycles. The molecule has 1 aliphatic carbocycles. The Hall–Kier alpha value is -3.90. The van der Waals surface area contributed by atoms with Crippen LogP contribution < -0.4 is 22.1 Å². The Balaban J connectivity index is 1.51. The van der Waals surface area contributed by atoms with E-state index in [2.05, 4.69) is 22.8 Å². The van der Waals surface area contributed by atoms with E-state index in [1.165, 1.54) is 0 Å². The van der Waals surface area contributed by atoms with Crippen molar-refractivity contribution in [3.63, 3.8) is 0 Å². The first-order valence-electron chi connectivity index (χ1n) is 12.3. The molecule has 0 saturated carbocycles. The molecule has 0 fully saturated rings. The summed E-state index contributed by atoms with van der Waals surface area (Å²) in [6.07, 6.45) is 6.95. The van der Waals surface area contributed by atoms with E-state index in [4.69, 9.17) is 11.5 Å². The molecule has 2 unspecified atom stereocenters. The number of amides is 1. The maximum absolute atomic E-state index is 15.8. The molecule has 6 N–H and O–H groups in total. The van der Waals surface area contributed by atoms with E-state index < -0.39 is 5.82 Å². The number of halogens is 1. The first-order valence-corrected chi connectivity index (χ1v) is 12.3. The first-order chi connectivity index (χ1) is 17.4. The molecular formula is C30H33FN4O. The van der Waals surface area contributed by atoms with Gasteiger partial charge in [0.2, 0.25) is 5.91 Å². The molecule has 0 bridgehead atoms. The lowest BCUT2D eigenvalue weighted by Gasteiger charge is -2.19. The molecule has 3 aromatic rings. The van der Waals surface area contributed by atoms with Gasteiger partial charge in [-0.05, 0) is 59.7 Å². The molecular weight excluding hydrogens is 451 g/mol. The van der Waals surface area contributed by atoms with Crippen molar-refractivity contribution in [3.8, 4) is 11.1 Å². The number of rotatable bonds is 9. The first kappa shape index (κ1) is 25.2. The van der Waals surface area contributed by atoms with E-state index in [1.807, 2.05) is 61.5 Å². The summed E-state index contributed by atoms with van der Waals surface area (Å²) >= 11 is 0. The second-order valence-corrected chi connectivity index (χ2v) is 9.25. The van der Waals surface area contributed by atoms with Crippen molar-refractivity contribution >= 4 is 17.3 Å². The number of carbonyl (C=O) groups is 1. The minimum atomic E-state index is -0.428. The van der Waals surface area contributed by atoms with Gasteiger partial charge in [0.25, 0.3) is 0 Å². The van der Waals surface area contributed by atoms with Crippen molar-refractivity contribution in [2.24, 2.45) is 11.7 Å². The summed E-state index contributed by atoms with van der Waals surface area (Å²) < 4.78 is 15.8. The van der Waals surface area contributed by atoms with Crippen molar-refractivity contribution in [3.05, 3.63) is 107 Å². The number of allylic oxidation sites excluding steroid dienone is 1. The fraction of sp³-hybridized carbons (Fsp3) is 0.233. The van der Waals surface area contributed by atoms with Crippen molar-refractivity contribution in [1.29, 1.82) is 0 Å². The van der Waals surface area contributed by atoms with Crippen molar-refractivity contribution in [2.45, 2.75) is 32.4 Å². The van der Waals surface area contributed by atoms with Gasteiger partial charge in [-0.25, -0.2) is 4.39 Å². The molecule has 1 aliphatic rings. The van der Waals surface area contributed by atoms with Gasteiger partial charge in [-0.3, -0.25) is 4.79 Å². The SMILES string of the molecule is CC(N)C1=CCC(CNC(=O)Cc2c(-c3cccc(N)c3)ccc(NCc3ccccc3)c2F)C=C1. The van der Waals surface area contributed by atoms with Gasteiger partial charge in [-0.15, -0.1) is 0 Å². The Morgan fingerprint density at radius 2 is 1.92 bits per heavy atom. The van der Waals surface area contributed by atoms with E-state index in [0.717, 1.165) is 23.1 Å². The summed E-state index contributed by atoms with van der Waals surface area (Å²) in [6.45, 7) is 2.92. The summed E-state index contributed by atoms with van der Waals surface area (Å²) in [7, 11) is 0. The maximum Gasteiger partial charge on any atom is 0.224 e. The second-order valence-electron chi connectivity index (χ2n) is 9.25. The predicted molar refractivity (Wildman–Crippen MR) is 146 cm³/mol. The summed E-state index contributed by atoms with van der Waals surface area (Å²) in [4.78, 5) is 12.9. The quantitative estimate of drug-likeness (QED) is 0.314. The van der Waals surface area contributed by atoms with Crippen molar-refractivity contribution in [2.75, 3.05) is 17.6 Å². The highest BCUT2D eigenvalue weighted by molar-refractivity contribution is 5.83. The monoisotopic (exact) mass is 484 g/mol. The topological polar surface area (TPSA) is 93.2 Å². The van der Waals surface area contributed by atoms with Gasteiger partial charge in [-0.1, -0.05) is 66.8 Å². The highest BCUT2D eigenvalue weighted by atomic mass is 19.1. The molecule has 0 aliphatic heterocycles. The van der Waals surface area contributed by atoms with E-state index in [9.17, 15) is 4.79 Å². The minimum absolute atomic E-state index is 0.00649. The van der Waals surface area contributed by atoms with Crippen LogP contribution in [-0.2, 0) is 17.8 Å². The number of nitrogens with two attached hydrogens (primary N) is 2. The summed E-state index contributed by atoms with van der Waals surface area (Å²) in [5, 5.41) is 6.15. The third-order valence-corrected chi connectivity index (χ3v) is 6.41.